The number of hydrogen-bond donors (Lipinski definition) is 1. The number of nitrogens with one attached hydrogen (secondary N) is 1. The summed E-state index contributed by atoms with van der Waals surface area (Å²) < 4.78 is 5.36. The van der Waals surface area contributed by atoms with E-state index in [0.717, 1.165) is 53.9 Å². The standard InChI is InChI=1S/C24H27N3O3/c1-17-4-3-5-20(12-17)25-23(28)16-27-10-8-26(9-11-27)15-19-14-24(29)30-22-13-18(2)6-7-21(19)22/h3-7,12-14H,8-11,15-16H2,1-2H3,(H,25,28). The van der Waals surface area contributed by atoms with Gasteiger partial charge in [-0.15, -0.1) is 0 Å². The van der Waals surface area contributed by atoms with Crippen LogP contribution in [-0.4, -0.2) is 48.4 Å². The Kier molecular flexibility index (Phi) is 5.97. The van der Waals surface area contributed by atoms with Crippen molar-refractivity contribution < 1.29 is 9.21 Å². The number of fused-ring (bicyclic) bond motifs is 1. The molecular formula is C24H27N3O3. The summed E-state index contributed by atoms with van der Waals surface area (Å²) in [6, 6.07) is 15.4. The van der Waals surface area contributed by atoms with E-state index in [9.17, 15) is 9.59 Å². The van der Waals surface area contributed by atoms with E-state index >= 15 is 0 Å². The van der Waals surface area contributed by atoms with E-state index in [0.29, 0.717) is 18.7 Å². The zero-order valence-corrected chi connectivity index (χ0v) is 17.5. The molecule has 6 heteroatoms. The van der Waals surface area contributed by atoms with Crippen molar-refractivity contribution in [1.82, 2.24) is 9.80 Å². The van der Waals surface area contributed by atoms with Crippen molar-refractivity contribution in [3.63, 3.8) is 0 Å². The van der Waals surface area contributed by atoms with Crippen LogP contribution in [0.5, 0.6) is 0 Å². The van der Waals surface area contributed by atoms with Crippen molar-refractivity contribution in [2.45, 2.75) is 20.4 Å². The summed E-state index contributed by atoms with van der Waals surface area (Å²) in [5, 5.41) is 3.96. The lowest BCUT2D eigenvalue weighted by molar-refractivity contribution is -0.117. The highest BCUT2D eigenvalue weighted by Gasteiger charge is 2.20. The number of amides is 1. The van der Waals surface area contributed by atoms with Crippen LogP contribution in [-0.2, 0) is 11.3 Å². The van der Waals surface area contributed by atoms with E-state index in [1.54, 1.807) is 6.07 Å². The second-order valence-corrected chi connectivity index (χ2v) is 8.06. The smallest absolute Gasteiger partial charge is 0.336 e. The van der Waals surface area contributed by atoms with Gasteiger partial charge in [0.15, 0.2) is 0 Å². The van der Waals surface area contributed by atoms with Crippen LogP contribution in [0, 0.1) is 13.8 Å². The number of piperazine rings is 1. The van der Waals surface area contributed by atoms with Crippen molar-refractivity contribution >= 4 is 22.6 Å². The summed E-state index contributed by atoms with van der Waals surface area (Å²) in [5.41, 5.74) is 4.36. The quantitative estimate of drug-likeness (QED) is 0.661. The summed E-state index contributed by atoms with van der Waals surface area (Å²) >= 11 is 0. The molecule has 0 aliphatic carbocycles. The maximum absolute atomic E-state index is 12.4. The Morgan fingerprint density at radius 3 is 2.47 bits per heavy atom. The molecule has 0 spiro atoms. The van der Waals surface area contributed by atoms with Gasteiger partial charge < -0.3 is 9.73 Å². The van der Waals surface area contributed by atoms with Gasteiger partial charge in [0.2, 0.25) is 5.91 Å². The maximum atomic E-state index is 12.4. The van der Waals surface area contributed by atoms with Crippen molar-refractivity contribution in [3.8, 4) is 0 Å². The lowest BCUT2D eigenvalue weighted by Gasteiger charge is -2.34. The molecule has 0 atom stereocenters. The highest BCUT2D eigenvalue weighted by atomic mass is 16.4. The molecule has 2 heterocycles. The average Bonchev–Trinajstić information content (AvgIpc) is 2.69. The zero-order chi connectivity index (χ0) is 21.1. The Hall–Kier alpha value is -2.96. The lowest BCUT2D eigenvalue weighted by atomic mass is 10.1. The highest BCUT2D eigenvalue weighted by Crippen LogP contribution is 2.20. The Bertz CT molecular complexity index is 1110. The molecule has 0 bridgehead atoms. The fourth-order valence-electron chi connectivity index (χ4n) is 3.94. The Balaban J connectivity index is 1.33. The Morgan fingerprint density at radius 2 is 1.70 bits per heavy atom. The maximum Gasteiger partial charge on any atom is 0.336 e. The first-order valence-electron chi connectivity index (χ1n) is 10.3. The molecule has 1 aliphatic rings. The summed E-state index contributed by atoms with van der Waals surface area (Å²) in [5.74, 6) is 0.0103. The van der Waals surface area contributed by atoms with Gasteiger partial charge in [0.1, 0.15) is 5.58 Å². The van der Waals surface area contributed by atoms with Crippen LogP contribution in [0.4, 0.5) is 5.69 Å². The van der Waals surface area contributed by atoms with E-state index < -0.39 is 0 Å². The summed E-state index contributed by atoms with van der Waals surface area (Å²) in [4.78, 5) is 28.8. The first kappa shape index (κ1) is 20.3. The van der Waals surface area contributed by atoms with Crippen molar-refractivity contribution in [1.29, 1.82) is 0 Å². The molecule has 6 nitrogen and oxygen atoms in total. The third kappa shape index (κ3) is 4.96. The molecule has 1 aliphatic heterocycles. The molecule has 1 saturated heterocycles. The molecule has 0 radical (unpaired) electrons. The van der Waals surface area contributed by atoms with E-state index in [1.807, 2.05) is 56.3 Å². The summed E-state index contributed by atoms with van der Waals surface area (Å²) in [6.45, 7) is 8.43. The molecule has 30 heavy (non-hydrogen) atoms. The number of hydrogen-bond acceptors (Lipinski definition) is 5. The third-order valence-corrected chi connectivity index (χ3v) is 5.51. The molecule has 1 fully saturated rings. The second-order valence-electron chi connectivity index (χ2n) is 8.06. The summed E-state index contributed by atoms with van der Waals surface area (Å²) in [7, 11) is 0. The number of aryl methyl sites for hydroxylation is 2. The second kappa shape index (κ2) is 8.81. The highest BCUT2D eigenvalue weighted by molar-refractivity contribution is 5.92. The molecule has 156 valence electrons. The van der Waals surface area contributed by atoms with E-state index in [1.165, 1.54) is 0 Å². The number of benzene rings is 2. The largest absolute Gasteiger partial charge is 0.423 e. The molecule has 1 N–H and O–H groups in total. The van der Waals surface area contributed by atoms with Crippen LogP contribution >= 0.6 is 0 Å². The SMILES string of the molecule is Cc1cccc(NC(=O)CN2CCN(Cc3cc(=O)oc4cc(C)ccc34)CC2)c1. The van der Waals surface area contributed by atoms with Gasteiger partial charge in [-0.1, -0.05) is 24.3 Å². The first-order chi connectivity index (χ1) is 14.5. The molecule has 3 aromatic rings. The predicted octanol–water partition coefficient (Wildman–Crippen LogP) is 3.17. The number of nitrogens with zero attached hydrogens (tertiary/aromatic N) is 2. The molecule has 0 saturated carbocycles. The number of anilines is 1. The van der Waals surface area contributed by atoms with Crippen LogP contribution < -0.4 is 10.9 Å². The van der Waals surface area contributed by atoms with Gasteiger partial charge in [-0.3, -0.25) is 14.6 Å². The van der Waals surface area contributed by atoms with E-state index in [2.05, 4.69) is 15.1 Å². The van der Waals surface area contributed by atoms with Gasteiger partial charge in [0.05, 0.1) is 6.54 Å². The van der Waals surface area contributed by atoms with E-state index in [4.69, 9.17) is 4.42 Å². The molecular weight excluding hydrogens is 378 g/mol. The number of rotatable bonds is 5. The average molecular weight is 405 g/mol. The molecule has 4 rings (SSSR count). The number of carbonyl (C=O) groups is 1. The van der Waals surface area contributed by atoms with E-state index in [-0.39, 0.29) is 11.5 Å². The van der Waals surface area contributed by atoms with Crippen LogP contribution in [0.15, 0.2) is 57.7 Å². The van der Waals surface area contributed by atoms with Gasteiger partial charge >= 0.3 is 5.63 Å². The van der Waals surface area contributed by atoms with Crippen molar-refractivity contribution in [2.75, 3.05) is 38.0 Å². The number of carbonyl (C=O) groups excluding carboxylic acids is 1. The minimum absolute atomic E-state index is 0.0103. The molecule has 1 aromatic heterocycles. The minimum Gasteiger partial charge on any atom is -0.423 e. The molecule has 1 amide bonds. The fraction of sp³-hybridized carbons (Fsp3) is 0.333. The van der Waals surface area contributed by atoms with Gasteiger partial charge in [-0.25, -0.2) is 4.79 Å². The molecule has 0 unspecified atom stereocenters. The van der Waals surface area contributed by atoms with Crippen molar-refractivity contribution in [2.24, 2.45) is 0 Å². The normalized spacial score (nSPS) is 15.4. The van der Waals surface area contributed by atoms with Gasteiger partial charge in [0.25, 0.3) is 0 Å². The van der Waals surface area contributed by atoms with Crippen LogP contribution in [0.3, 0.4) is 0 Å². The Labute approximate surface area is 176 Å². The van der Waals surface area contributed by atoms with Gasteiger partial charge in [-0.2, -0.15) is 0 Å². The zero-order valence-electron chi connectivity index (χ0n) is 17.5. The Morgan fingerprint density at radius 1 is 0.967 bits per heavy atom. The fourth-order valence-corrected chi connectivity index (χ4v) is 3.94. The van der Waals surface area contributed by atoms with Crippen LogP contribution in [0.1, 0.15) is 16.7 Å². The lowest BCUT2D eigenvalue weighted by Crippen LogP contribution is -2.48. The summed E-state index contributed by atoms with van der Waals surface area (Å²) in [6.07, 6.45) is 0. The third-order valence-electron chi connectivity index (χ3n) is 5.51. The minimum atomic E-state index is -0.311. The topological polar surface area (TPSA) is 65.8 Å². The molecule has 2 aromatic carbocycles. The van der Waals surface area contributed by atoms with Crippen molar-refractivity contribution in [3.05, 3.63) is 75.6 Å². The van der Waals surface area contributed by atoms with Crippen LogP contribution in [0.2, 0.25) is 0 Å². The van der Waals surface area contributed by atoms with Gasteiger partial charge in [0, 0.05) is 49.9 Å². The van der Waals surface area contributed by atoms with Crippen LogP contribution in [0.25, 0.3) is 11.0 Å². The first-order valence-corrected chi connectivity index (χ1v) is 10.3. The predicted molar refractivity (Wildman–Crippen MR) is 119 cm³/mol. The van der Waals surface area contributed by atoms with Gasteiger partial charge in [-0.05, 0) is 48.7 Å². The monoisotopic (exact) mass is 405 g/mol.